The summed E-state index contributed by atoms with van der Waals surface area (Å²) in [5, 5.41) is 0. The van der Waals surface area contributed by atoms with E-state index in [0.717, 1.165) is 109 Å². The summed E-state index contributed by atoms with van der Waals surface area (Å²) in [5.41, 5.74) is 0. The molecule has 0 radical (unpaired) electrons. The lowest BCUT2D eigenvalue weighted by molar-refractivity contribution is -0.167. The monoisotopic (exact) mass is 1160 g/mol. The number of hydrogen-bond acceptors (Lipinski definition) is 6. The smallest absolute Gasteiger partial charge is 0.306 e. The van der Waals surface area contributed by atoms with Crippen LogP contribution in [-0.2, 0) is 28.6 Å². The van der Waals surface area contributed by atoms with Gasteiger partial charge in [0.1, 0.15) is 13.2 Å². The molecule has 1 unspecified atom stereocenters. The summed E-state index contributed by atoms with van der Waals surface area (Å²) in [6.07, 6.45) is 94.7. The van der Waals surface area contributed by atoms with E-state index >= 15 is 0 Å². The van der Waals surface area contributed by atoms with E-state index in [1.54, 1.807) is 0 Å². The second kappa shape index (κ2) is 71.1. The summed E-state index contributed by atoms with van der Waals surface area (Å²) in [5.74, 6) is -0.885. The summed E-state index contributed by atoms with van der Waals surface area (Å²) >= 11 is 0. The number of ether oxygens (including phenoxy) is 3. The minimum atomic E-state index is -0.789. The molecule has 0 bridgehead atoms. The molecule has 480 valence electrons. The summed E-state index contributed by atoms with van der Waals surface area (Å²) in [4.78, 5) is 38.5. The lowest BCUT2D eigenvalue weighted by Gasteiger charge is -2.18. The van der Waals surface area contributed by atoms with Gasteiger partial charge in [0, 0.05) is 19.3 Å². The Balaban J connectivity index is 4.25. The molecule has 6 nitrogen and oxygen atoms in total. The number of carbonyl (C=O) groups excluding carboxylic acids is 3. The minimum Gasteiger partial charge on any atom is -0.462 e. The van der Waals surface area contributed by atoms with Crippen LogP contribution in [0.2, 0.25) is 0 Å². The van der Waals surface area contributed by atoms with Gasteiger partial charge in [-0.05, 0) is 96.3 Å². The van der Waals surface area contributed by atoms with Gasteiger partial charge in [-0.15, -0.1) is 0 Å². The molecule has 0 aliphatic carbocycles. The highest BCUT2D eigenvalue weighted by Gasteiger charge is 2.19. The molecule has 0 fully saturated rings. The Kier molecular flexibility index (Phi) is 68.2. The van der Waals surface area contributed by atoms with Crippen LogP contribution in [0.1, 0.15) is 367 Å². The van der Waals surface area contributed by atoms with Crippen molar-refractivity contribution in [1.29, 1.82) is 0 Å². The zero-order valence-corrected chi connectivity index (χ0v) is 55.2. The molecule has 0 amide bonds. The average molecular weight is 1160 g/mol. The van der Waals surface area contributed by atoms with Crippen LogP contribution < -0.4 is 0 Å². The Bertz CT molecular complexity index is 1570. The maximum absolute atomic E-state index is 12.9. The Morgan fingerprint density at radius 1 is 0.253 bits per heavy atom. The zero-order chi connectivity index (χ0) is 59.9. The van der Waals surface area contributed by atoms with Crippen molar-refractivity contribution < 1.29 is 28.6 Å². The third-order valence-electron chi connectivity index (χ3n) is 15.9. The maximum Gasteiger partial charge on any atom is 0.306 e. The van der Waals surface area contributed by atoms with Crippen LogP contribution >= 0.6 is 0 Å². The molecule has 83 heavy (non-hydrogen) atoms. The first-order chi connectivity index (χ1) is 41.0. The lowest BCUT2D eigenvalue weighted by Crippen LogP contribution is -2.30. The molecule has 1 atom stereocenters. The molecule has 0 aliphatic heterocycles. The molecular formula is C77H136O6. The normalized spacial score (nSPS) is 12.6. The molecule has 0 spiro atoms. The number of rotatable bonds is 66. The number of unbranched alkanes of at least 4 members (excludes halogenated alkanes) is 41. The molecule has 0 heterocycles. The van der Waals surface area contributed by atoms with Gasteiger partial charge in [0.25, 0.3) is 0 Å². The zero-order valence-electron chi connectivity index (χ0n) is 55.2. The van der Waals surface area contributed by atoms with Crippen LogP contribution in [0.3, 0.4) is 0 Å². The summed E-state index contributed by atoms with van der Waals surface area (Å²) in [6, 6.07) is 0. The van der Waals surface area contributed by atoms with E-state index in [1.165, 1.54) is 218 Å². The first-order valence-electron chi connectivity index (χ1n) is 36.1. The van der Waals surface area contributed by atoms with Crippen LogP contribution in [-0.4, -0.2) is 37.2 Å². The number of allylic oxidation sites excluding steroid dienone is 14. The quantitative estimate of drug-likeness (QED) is 0.0261. The lowest BCUT2D eigenvalue weighted by atomic mass is 10.0. The SMILES string of the molecule is CC/C=C\C/C=C\C/C=C\C/C=C\CCCCCCC(=O)OC(COC(=O)CCCCCCCCCCCCCCCCCCC)COC(=O)CCCCCCCCCCCCCCCCCC/C=C\C/C=C\C/C=C\CCCCCCC. The van der Waals surface area contributed by atoms with Gasteiger partial charge >= 0.3 is 17.9 Å². The first kappa shape index (κ1) is 79.6. The summed E-state index contributed by atoms with van der Waals surface area (Å²) < 4.78 is 17.0. The van der Waals surface area contributed by atoms with Crippen molar-refractivity contribution in [3.8, 4) is 0 Å². The molecule has 0 aliphatic rings. The average Bonchev–Trinajstić information content (AvgIpc) is 3.50. The van der Waals surface area contributed by atoms with Crippen molar-refractivity contribution >= 4 is 17.9 Å². The van der Waals surface area contributed by atoms with E-state index in [1.807, 2.05) is 0 Å². The second-order valence-electron chi connectivity index (χ2n) is 24.1. The number of carbonyl (C=O) groups is 3. The Labute approximate surface area is 515 Å². The second-order valence-corrected chi connectivity index (χ2v) is 24.1. The van der Waals surface area contributed by atoms with E-state index in [2.05, 4.69) is 106 Å². The van der Waals surface area contributed by atoms with Crippen LogP contribution in [0.15, 0.2) is 85.1 Å². The van der Waals surface area contributed by atoms with Gasteiger partial charge in [-0.25, -0.2) is 0 Å². The van der Waals surface area contributed by atoms with Crippen molar-refractivity contribution in [3.05, 3.63) is 85.1 Å². The van der Waals surface area contributed by atoms with Gasteiger partial charge < -0.3 is 14.2 Å². The third kappa shape index (κ3) is 69.3. The Hall–Kier alpha value is -3.41. The Morgan fingerprint density at radius 2 is 0.470 bits per heavy atom. The molecule has 0 saturated carbocycles. The number of hydrogen-bond donors (Lipinski definition) is 0. The van der Waals surface area contributed by atoms with E-state index in [-0.39, 0.29) is 31.1 Å². The van der Waals surface area contributed by atoms with Gasteiger partial charge in [-0.2, -0.15) is 0 Å². The molecular weight excluding hydrogens is 1020 g/mol. The number of esters is 3. The van der Waals surface area contributed by atoms with Crippen molar-refractivity contribution in [2.24, 2.45) is 0 Å². The fourth-order valence-corrected chi connectivity index (χ4v) is 10.5. The Morgan fingerprint density at radius 3 is 0.735 bits per heavy atom. The maximum atomic E-state index is 12.9. The van der Waals surface area contributed by atoms with Crippen molar-refractivity contribution in [1.82, 2.24) is 0 Å². The van der Waals surface area contributed by atoms with E-state index in [4.69, 9.17) is 14.2 Å². The van der Waals surface area contributed by atoms with Gasteiger partial charge in [-0.1, -0.05) is 337 Å². The van der Waals surface area contributed by atoms with Crippen molar-refractivity contribution in [2.75, 3.05) is 13.2 Å². The summed E-state index contributed by atoms with van der Waals surface area (Å²) in [6.45, 7) is 6.55. The van der Waals surface area contributed by atoms with Crippen LogP contribution in [0.4, 0.5) is 0 Å². The highest BCUT2D eigenvalue weighted by molar-refractivity contribution is 5.71. The van der Waals surface area contributed by atoms with E-state index in [0.29, 0.717) is 19.3 Å². The van der Waals surface area contributed by atoms with Gasteiger partial charge in [0.15, 0.2) is 6.10 Å². The molecule has 0 rings (SSSR count). The standard InChI is InChI=1S/C77H136O6/c1-4-7-10-13-16-19-22-25-28-31-32-33-34-35-36-37-38-39-40-41-42-43-44-47-49-52-55-58-61-64-67-70-76(79)82-73-74(83-77(80)71-68-65-62-59-56-53-50-46-30-27-24-21-18-15-12-9-6-3)72-81-75(78)69-66-63-60-57-54-51-48-45-29-26-23-20-17-14-11-8-5-2/h9,12,18,21-22,25,27,30-32,34-35,50,53,74H,4-8,10-11,13-17,19-20,23-24,26,28-29,33,36-49,51-52,54-73H2,1-3H3/b12-9-,21-18-,25-22-,30-27-,32-31-,35-34-,53-50-. The molecule has 0 saturated heterocycles. The fourth-order valence-electron chi connectivity index (χ4n) is 10.5. The first-order valence-corrected chi connectivity index (χ1v) is 36.1. The van der Waals surface area contributed by atoms with Crippen molar-refractivity contribution in [2.45, 2.75) is 374 Å². The highest BCUT2D eigenvalue weighted by atomic mass is 16.6. The van der Waals surface area contributed by atoms with E-state index in [9.17, 15) is 14.4 Å². The van der Waals surface area contributed by atoms with Crippen LogP contribution in [0.5, 0.6) is 0 Å². The highest BCUT2D eigenvalue weighted by Crippen LogP contribution is 2.18. The van der Waals surface area contributed by atoms with Gasteiger partial charge in [0.2, 0.25) is 0 Å². The topological polar surface area (TPSA) is 78.9 Å². The van der Waals surface area contributed by atoms with Gasteiger partial charge in [-0.3, -0.25) is 14.4 Å². The van der Waals surface area contributed by atoms with Gasteiger partial charge in [0.05, 0.1) is 0 Å². The van der Waals surface area contributed by atoms with Crippen molar-refractivity contribution in [3.63, 3.8) is 0 Å². The molecule has 0 aromatic carbocycles. The summed E-state index contributed by atoms with van der Waals surface area (Å²) in [7, 11) is 0. The fraction of sp³-hybridized carbons (Fsp3) is 0.779. The van der Waals surface area contributed by atoms with Crippen LogP contribution in [0, 0.1) is 0 Å². The van der Waals surface area contributed by atoms with E-state index < -0.39 is 6.10 Å². The molecule has 6 heteroatoms. The van der Waals surface area contributed by atoms with Crippen LogP contribution in [0.25, 0.3) is 0 Å². The predicted octanol–water partition coefficient (Wildman–Crippen LogP) is 25.0. The third-order valence-corrected chi connectivity index (χ3v) is 15.9. The predicted molar refractivity (Wildman–Crippen MR) is 362 cm³/mol. The largest absolute Gasteiger partial charge is 0.462 e. The molecule has 0 aromatic heterocycles. The minimum absolute atomic E-state index is 0.0821. The molecule has 0 aromatic rings. The molecule has 0 N–H and O–H groups in total.